The number of rotatable bonds is 9. The number of carbonyl (C=O) groups is 1. The molecule has 2 aromatic heterocycles. The standard InChI is InChI=1S/C26H38N4O4S2/c1-6-36(32,33)20-8-7-19(27-14-20)13-22(31)28-25-29-23-21(35-25)16-30(24(23)17(2)3)15-18-9-11-26(4,34-5)12-10-18/h7-8,14,17-18,24H,6,9-13,15-16H2,1-5H3,(H,28,29,31). The summed E-state index contributed by atoms with van der Waals surface area (Å²) >= 11 is 1.56. The third-order valence-corrected chi connectivity index (χ3v) is 10.3. The van der Waals surface area contributed by atoms with Crippen molar-refractivity contribution in [3.8, 4) is 0 Å². The van der Waals surface area contributed by atoms with Crippen LogP contribution in [0, 0.1) is 11.8 Å². The number of hydrogen-bond donors (Lipinski definition) is 1. The first-order valence-electron chi connectivity index (χ1n) is 12.8. The third-order valence-electron chi connectivity index (χ3n) is 7.65. The van der Waals surface area contributed by atoms with Gasteiger partial charge in [0.25, 0.3) is 0 Å². The molecule has 36 heavy (non-hydrogen) atoms. The van der Waals surface area contributed by atoms with Crippen LogP contribution in [0.3, 0.4) is 0 Å². The number of anilines is 1. The molecule has 1 amide bonds. The second kappa shape index (κ2) is 10.8. The number of amides is 1. The van der Waals surface area contributed by atoms with Crippen LogP contribution in [-0.4, -0.2) is 54.2 Å². The van der Waals surface area contributed by atoms with Gasteiger partial charge >= 0.3 is 0 Å². The summed E-state index contributed by atoms with van der Waals surface area (Å²) in [5, 5.41) is 3.54. The minimum atomic E-state index is -3.30. The highest BCUT2D eigenvalue weighted by Gasteiger charge is 2.39. The number of carbonyl (C=O) groups excluding carboxylic acids is 1. The average molecular weight is 535 g/mol. The van der Waals surface area contributed by atoms with E-state index in [0.717, 1.165) is 31.6 Å². The van der Waals surface area contributed by atoms with Gasteiger partial charge in [0, 0.05) is 37.0 Å². The van der Waals surface area contributed by atoms with Crippen molar-refractivity contribution in [1.82, 2.24) is 14.9 Å². The Morgan fingerprint density at radius 3 is 2.61 bits per heavy atom. The summed E-state index contributed by atoms with van der Waals surface area (Å²) in [7, 11) is -1.48. The van der Waals surface area contributed by atoms with E-state index >= 15 is 0 Å². The van der Waals surface area contributed by atoms with E-state index in [1.165, 1.54) is 30.0 Å². The van der Waals surface area contributed by atoms with Crippen LogP contribution in [0.5, 0.6) is 0 Å². The monoisotopic (exact) mass is 534 g/mol. The fraction of sp³-hybridized carbons (Fsp3) is 0.654. The molecule has 8 nitrogen and oxygen atoms in total. The first-order valence-corrected chi connectivity index (χ1v) is 15.3. The Morgan fingerprint density at radius 2 is 2.03 bits per heavy atom. The maximum Gasteiger partial charge on any atom is 0.232 e. The summed E-state index contributed by atoms with van der Waals surface area (Å²) in [6.45, 7) is 10.2. The van der Waals surface area contributed by atoms with E-state index in [0.29, 0.717) is 22.7 Å². The van der Waals surface area contributed by atoms with Crippen molar-refractivity contribution in [3.05, 3.63) is 34.6 Å². The predicted molar refractivity (Wildman–Crippen MR) is 142 cm³/mol. The van der Waals surface area contributed by atoms with Gasteiger partial charge in [0.05, 0.1) is 34.4 Å². The molecule has 2 aliphatic rings. The topological polar surface area (TPSA) is 101 Å². The van der Waals surface area contributed by atoms with Crippen molar-refractivity contribution in [1.29, 1.82) is 0 Å². The number of methoxy groups -OCH3 is 1. The number of hydrogen-bond acceptors (Lipinski definition) is 8. The molecule has 1 aliphatic carbocycles. The van der Waals surface area contributed by atoms with Gasteiger partial charge in [-0.1, -0.05) is 20.8 Å². The van der Waals surface area contributed by atoms with Crippen molar-refractivity contribution in [2.24, 2.45) is 11.8 Å². The van der Waals surface area contributed by atoms with Gasteiger partial charge in [-0.2, -0.15) is 0 Å². The molecule has 2 aromatic rings. The Kier molecular flexibility index (Phi) is 8.19. The lowest BCUT2D eigenvalue weighted by Gasteiger charge is -2.39. The number of sulfone groups is 1. The maximum atomic E-state index is 12.6. The second-order valence-corrected chi connectivity index (χ2v) is 14.0. The highest BCUT2D eigenvalue weighted by molar-refractivity contribution is 7.91. The molecule has 0 radical (unpaired) electrons. The van der Waals surface area contributed by atoms with E-state index in [9.17, 15) is 13.2 Å². The molecule has 0 saturated heterocycles. The van der Waals surface area contributed by atoms with Gasteiger partial charge in [0.15, 0.2) is 15.0 Å². The molecule has 1 saturated carbocycles. The highest BCUT2D eigenvalue weighted by Crippen LogP contribution is 2.44. The molecule has 1 fully saturated rings. The molecular weight excluding hydrogens is 496 g/mol. The van der Waals surface area contributed by atoms with Gasteiger partial charge in [-0.15, -0.1) is 11.3 Å². The molecule has 0 aromatic carbocycles. The van der Waals surface area contributed by atoms with E-state index in [2.05, 4.69) is 36.0 Å². The summed E-state index contributed by atoms with van der Waals surface area (Å²) in [6.07, 6.45) is 5.98. The van der Waals surface area contributed by atoms with Crippen LogP contribution in [0.2, 0.25) is 0 Å². The molecule has 4 rings (SSSR count). The van der Waals surface area contributed by atoms with Crippen molar-refractivity contribution >= 4 is 32.2 Å². The molecule has 0 bridgehead atoms. The van der Waals surface area contributed by atoms with Crippen LogP contribution in [0.25, 0.3) is 0 Å². The Morgan fingerprint density at radius 1 is 1.31 bits per heavy atom. The lowest BCUT2D eigenvalue weighted by molar-refractivity contribution is -0.115. The first-order chi connectivity index (χ1) is 17.0. The molecule has 3 heterocycles. The van der Waals surface area contributed by atoms with E-state index in [1.807, 2.05) is 7.11 Å². The predicted octanol–water partition coefficient (Wildman–Crippen LogP) is 4.62. The number of fused-ring (bicyclic) bond motifs is 1. The number of aromatic nitrogens is 2. The van der Waals surface area contributed by atoms with Crippen LogP contribution in [-0.2, 0) is 32.3 Å². The third kappa shape index (κ3) is 5.98. The Balaban J connectivity index is 1.36. The van der Waals surface area contributed by atoms with E-state index < -0.39 is 9.84 Å². The van der Waals surface area contributed by atoms with Crippen LogP contribution in [0.4, 0.5) is 5.13 Å². The zero-order chi connectivity index (χ0) is 26.1. The maximum absolute atomic E-state index is 12.6. The fourth-order valence-corrected chi connectivity index (χ4v) is 7.20. The SMILES string of the molecule is CCS(=O)(=O)c1ccc(CC(=O)Nc2nc3c(s2)CN(CC2CCC(C)(OC)CC2)C3C(C)C)nc1. The molecule has 1 unspecified atom stereocenters. The minimum Gasteiger partial charge on any atom is -0.379 e. The summed E-state index contributed by atoms with van der Waals surface area (Å²) in [4.78, 5) is 25.6. The van der Waals surface area contributed by atoms with Crippen LogP contribution < -0.4 is 5.32 Å². The number of thiazole rings is 1. The average Bonchev–Trinajstić information content (AvgIpc) is 3.37. The normalized spacial score (nSPS) is 24.7. The first kappa shape index (κ1) is 27.2. The van der Waals surface area contributed by atoms with Crippen molar-refractivity contribution < 1.29 is 17.9 Å². The van der Waals surface area contributed by atoms with Gasteiger partial charge < -0.3 is 10.1 Å². The Labute approximate surface area is 218 Å². The summed E-state index contributed by atoms with van der Waals surface area (Å²) in [5.74, 6) is 0.912. The van der Waals surface area contributed by atoms with Gasteiger partial charge in [-0.3, -0.25) is 14.7 Å². The van der Waals surface area contributed by atoms with Crippen LogP contribution >= 0.6 is 11.3 Å². The van der Waals surface area contributed by atoms with Gasteiger partial charge in [-0.25, -0.2) is 13.4 Å². The van der Waals surface area contributed by atoms with Crippen molar-refractivity contribution in [2.45, 2.75) is 82.9 Å². The molecular formula is C26H38N4O4S2. The molecule has 198 valence electrons. The highest BCUT2D eigenvalue weighted by atomic mass is 32.2. The van der Waals surface area contributed by atoms with Crippen molar-refractivity contribution in [2.75, 3.05) is 24.7 Å². The molecule has 1 N–H and O–H groups in total. The quantitative estimate of drug-likeness (QED) is 0.501. The fourth-order valence-electron chi connectivity index (χ4n) is 5.33. The lowest BCUT2D eigenvalue weighted by atomic mass is 9.79. The van der Waals surface area contributed by atoms with Gasteiger partial charge in [0.2, 0.25) is 5.91 Å². The zero-order valence-corrected chi connectivity index (χ0v) is 23.5. The smallest absolute Gasteiger partial charge is 0.232 e. The summed E-state index contributed by atoms with van der Waals surface area (Å²) in [5.41, 5.74) is 1.64. The van der Waals surface area contributed by atoms with E-state index in [4.69, 9.17) is 9.72 Å². The lowest BCUT2D eigenvalue weighted by Crippen LogP contribution is -2.37. The van der Waals surface area contributed by atoms with Crippen molar-refractivity contribution in [3.63, 3.8) is 0 Å². The molecule has 1 atom stereocenters. The summed E-state index contributed by atoms with van der Waals surface area (Å²) < 4.78 is 29.6. The molecule has 1 aliphatic heterocycles. The number of nitrogens with one attached hydrogen (secondary N) is 1. The van der Waals surface area contributed by atoms with Gasteiger partial charge in [-0.05, 0) is 56.6 Å². The molecule has 0 spiro atoms. The Bertz CT molecular complexity index is 1170. The Hall–Kier alpha value is -1.88. The van der Waals surface area contributed by atoms with E-state index in [-0.39, 0.29) is 34.6 Å². The largest absolute Gasteiger partial charge is 0.379 e. The summed E-state index contributed by atoms with van der Waals surface area (Å²) in [6, 6.07) is 3.36. The molecule has 10 heteroatoms. The second-order valence-electron chi connectivity index (χ2n) is 10.7. The number of nitrogens with zero attached hydrogens (tertiary/aromatic N) is 3. The van der Waals surface area contributed by atoms with E-state index in [1.54, 1.807) is 24.3 Å². The minimum absolute atomic E-state index is 0.0198. The van der Waals surface area contributed by atoms with Crippen LogP contribution in [0.15, 0.2) is 23.2 Å². The van der Waals surface area contributed by atoms with Gasteiger partial charge in [0.1, 0.15) is 0 Å². The number of ether oxygens (including phenoxy) is 1. The number of pyridine rings is 1. The van der Waals surface area contributed by atoms with Crippen LogP contribution in [0.1, 0.15) is 75.7 Å². The zero-order valence-electron chi connectivity index (χ0n) is 21.9.